The van der Waals surface area contributed by atoms with Crippen molar-refractivity contribution in [2.24, 2.45) is 0 Å². The van der Waals surface area contributed by atoms with Gasteiger partial charge in [-0.05, 0) is 70.1 Å². The zero-order valence-electron chi connectivity index (χ0n) is 21.1. The number of ether oxygens (including phenoxy) is 2. The number of imide groups is 1. The molecule has 0 spiro atoms. The minimum atomic E-state index is -0.435. The highest BCUT2D eigenvalue weighted by Crippen LogP contribution is 2.39. The zero-order valence-corrected chi connectivity index (χ0v) is 23.5. The second kappa shape index (κ2) is 12.0. The second-order valence-corrected chi connectivity index (χ2v) is 10.6. The van der Waals surface area contributed by atoms with E-state index >= 15 is 0 Å². The monoisotopic (exact) mass is 592 g/mol. The van der Waals surface area contributed by atoms with Crippen LogP contribution in [-0.4, -0.2) is 35.7 Å². The molecule has 40 heavy (non-hydrogen) atoms. The molecule has 3 amide bonds. The SMILES string of the molecule is COc1cc(/C=C2\SC(=O)N(Cc3ccc4ccccc4c3)C2=O)cc(Cl)c1OCC(=O)Nc1ccccc1Cl. The van der Waals surface area contributed by atoms with Crippen LogP contribution in [0.3, 0.4) is 0 Å². The number of halogens is 2. The standard InChI is InChI=1S/C30H22Cl2N2O5S/c1-38-25-14-19(13-23(32)28(25)39-17-27(35)33-24-9-5-4-8-22(24)31)15-26-29(36)34(30(37)40-26)16-18-10-11-20-6-2-3-7-21(20)12-18/h2-15H,16-17H2,1H3,(H,33,35)/b26-15-. The van der Waals surface area contributed by atoms with Gasteiger partial charge < -0.3 is 14.8 Å². The molecule has 10 heteroatoms. The Bertz CT molecular complexity index is 1670. The third-order valence-corrected chi connectivity index (χ3v) is 7.59. The molecule has 4 aromatic carbocycles. The third kappa shape index (κ3) is 6.09. The molecule has 4 aromatic rings. The summed E-state index contributed by atoms with van der Waals surface area (Å²) < 4.78 is 11.1. The van der Waals surface area contributed by atoms with Crippen LogP contribution in [0.15, 0.2) is 83.8 Å². The molecule has 1 fully saturated rings. The average molecular weight is 593 g/mol. The number of anilines is 1. The molecular formula is C30H22Cl2N2O5S. The Morgan fingerprint density at radius 2 is 1.70 bits per heavy atom. The Balaban J connectivity index is 1.29. The van der Waals surface area contributed by atoms with Gasteiger partial charge in [-0.25, -0.2) is 0 Å². The number of carbonyl (C=O) groups excluding carboxylic acids is 3. The lowest BCUT2D eigenvalue weighted by Crippen LogP contribution is -2.27. The number of para-hydroxylation sites is 1. The summed E-state index contributed by atoms with van der Waals surface area (Å²) in [5, 5.41) is 5.01. The molecule has 0 aliphatic carbocycles. The molecule has 1 saturated heterocycles. The maximum Gasteiger partial charge on any atom is 0.293 e. The number of carbonyl (C=O) groups is 3. The van der Waals surface area contributed by atoms with Gasteiger partial charge in [-0.1, -0.05) is 71.7 Å². The minimum absolute atomic E-state index is 0.167. The first kappa shape index (κ1) is 27.6. The molecule has 0 saturated carbocycles. The van der Waals surface area contributed by atoms with Crippen molar-refractivity contribution in [1.82, 2.24) is 4.90 Å². The zero-order chi connectivity index (χ0) is 28.2. The molecule has 1 aliphatic rings. The van der Waals surface area contributed by atoms with Gasteiger partial charge in [0, 0.05) is 0 Å². The summed E-state index contributed by atoms with van der Waals surface area (Å²) in [6.45, 7) is -0.172. The number of nitrogens with one attached hydrogen (secondary N) is 1. The number of benzene rings is 4. The summed E-state index contributed by atoms with van der Waals surface area (Å²) in [4.78, 5) is 39.7. The predicted molar refractivity (Wildman–Crippen MR) is 159 cm³/mol. The van der Waals surface area contributed by atoms with E-state index in [2.05, 4.69) is 5.32 Å². The largest absolute Gasteiger partial charge is 0.493 e. The van der Waals surface area contributed by atoms with E-state index in [1.54, 1.807) is 42.5 Å². The van der Waals surface area contributed by atoms with Gasteiger partial charge in [0.2, 0.25) is 0 Å². The number of rotatable bonds is 8. The summed E-state index contributed by atoms with van der Waals surface area (Å²) in [5.41, 5.74) is 1.85. The number of amides is 3. The molecule has 0 bridgehead atoms. The van der Waals surface area contributed by atoms with E-state index in [9.17, 15) is 14.4 Å². The minimum Gasteiger partial charge on any atom is -0.493 e. The lowest BCUT2D eigenvalue weighted by molar-refractivity contribution is -0.123. The molecule has 0 radical (unpaired) electrons. The van der Waals surface area contributed by atoms with Crippen LogP contribution in [0.1, 0.15) is 11.1 Å². The van der Waals surface area contributed by atoms with Crippen LogP contribution in [-0.2, 0) is 16.1 Å². The van der Waals surface area contributed by atoms with Gasteiger partial charge >= 0.3 is 0 Å². The molecule has 0 atom stereocenters. The smallest absolute Gasteiger partial charge is 0.293 e. The molecule has 202 valence electrons. The van der Waals surface area contributed by atoms with Gasteiger partial charge in [0.1, 0.15) is 0 Å². The van der Waals surface area contributed by atoms with Crippen molar-refractivity contribution in [3.63, 3.8) is 0 Å². The van der Waals surface area contributed by atoms with Crippen LogP contribution in [0.4, 0.5) is 10.5 Å². The van der Waals surface area contributed by atoms with Gasteiger partial charge in [0.15, 0.2) is 18.1 Å². The van der Waals surface area contributed by atoms with Gasteiger partial charge in [-0.15, -0.1) is 0 Å². The Kier molecular flexibility index (Phi) is 8.30. The molecule has 1 aliphatic heterocycles. The van der Waals surface area contributed by atoms with Gasteiger partial charge in [0.05, 0.1) is 34.3 Å². The summed E-state index contributed by atoms with van der Waals surface area (Å²) in [6.07, 6.45) is 1.58. The number of hydrogen-bond donors (Lipinski definition) is 1. The fraction of sp³-hybridized carbons (Fsp3) is 0.100. The maximum absolute atomic E-state index is 13.1. The molecule has 0 unspecified atom stereocenters. The number of fused-ring (bicyclic) bond motifs is 1. The van der Waals surface area contributed by atoms with E-state index in [-0.39, 0.29) is 39.8 Å². The Labute approximate surface area is 244 Å². The summed E-state index contributed by atoms with van der Waals surface area (Å²) >= 11 is 13.4. The number of nitrogens with zero attached hydrogens (tertiary/aromatic N) is 1. The van der Waals surface area contributed by atoms with Crippen LogP contribution >= 0.6 is 35.0 Å². The van der Waals surface area contributed by atoms with Crippen LogP contribution in [0.25, 0.3) is 16.8 Å². The first-order valence-corrected chi connectivity index (χ1v) is 13.7. The van der Waals surface area contributed by atoms with E-state index in [0.717, 1.165) is 28.1 Å². The second-order valence-electron chi connectivity index (χ2n) is 8.80. The fourth-order valence-corrected chi connectivity index (χ4v) is 5.45. The van der Waals surface area contributed by atoms with E-state index in [1.165, 1.54) is 12.0 Å². The Hall–Kier alpha value is -3.98. The van der Waals surface area contributed by atoms with Crippen molar-refractivity contribution in [3.05, 3.63) is 105 Å². The molecule has 7 nitrogen and oxygen atoms in total. The first-order chi connectivity index (χ1) is 19.3. The van der Waals surface area contributed by atoms with Crippen molar-refractivity contribution in [2.75, 3.05) is 19.0 Å². The molecule has 0 aromatic heterocycles. The van der Waals surface area contributed by atoms with Gasteiger partial charge in [-0.3, -0.25) is 19.3 Å². The van der Waals surface area contributed by atoms with E-state index in [1.807, 2.05) is 42.5 Å². The summed E-state index contributed by atoms with van der Waals surface area (Å²) in [5.74, 6) is -0.398. The van der Waals surface area contributed by atoms with Crippen molar-refractivity contribution < 1.29 is 23.9 Å². The normalized spacial score (nSPS) is 14.2. The highest BCUT2D eigenvalue weighted by Gasteiger charge is 2.35. The van der Waals surface area contributed by atoms with Crippen LogP contribution in [0, 0.1) is 0 Å². The van der Waals surface area contributed by atoms with Crippen molar-refractivity contribution in [3.8, 4) is 11.5 Å². The van der Waals surface area contributed by atoms with Crippen LogP contribution < -0.4 is 14.8 Å². The maximum atomic E-state index is 13.1. The first-order valence-electron chi connectivity index (χ1n) is 12.1. The van der Waals surface area contributed by atoms with Crippen LogP contribution in [0.2, 0.25) is 10.0 Å². The highest BCUT2D eigenvalue weighted by atomic mass is 35.5. The highest BCUT2D eigenvalue weighted by molar-refractivity contribution is 8.18. The topological polar surface area (TPSA) is 84.9 Å². The fourth-order valence-electron chi connectivity index (χ4n) is 4.16. The van der Waals surface area contributed by atoms with Gasteiger partial charge in [-0.2, -0.15) is 0 Å². The number of thioether (sulfide) groups is 1. The lowest BCUT2D eigenvalue weighted by Gasteiger charge is -2.14. The van der Waals surface area contributed by atoms with Crippen molar-refractivity contribution in [2.45, 2.75) is 6.54 Å². The average Bonchev–Trinajstić information content (AvgIpc) is 3.20. The molecule has 1 heterocycles. The quantitative estimate of drug-likeness (QED) is 0.214. The Morgan fingerprint density at radius 3 is 2.48 bits per heavy atom. The molecule has 1 N–H and O–H groups in total. The summed E-state index contributed by atoms with van der Waals surface area (Å²) in [6, 6.07) is 23.8. The van der Waals surface area contributed by atoms with Gasteiger partial charge in [0.25, 0.3) is 17.1 Å². The molecular weight excluding hydrogens is 571 g/mol. The number of methoxy groups -OCH3 is 1. The third-order valence-electron chi connectivity index (χ3n) is 6.07. The van der Waals surface area contributed by atoms with E-state index < -0.39 is 11.8 Å². The number of hydrogen-bond acceptors (Lipinski definition) is 6. The van der Waals surface area contributed by atoms with Crippen LogP contribution in [0.5, 0.6) is 11.5 Å². The van der Waals surface area contributed by atoms with Crippen molar-refractivity contribution >= 4 is 74.6 Å². The van der Waals surface area contributed by atoms with E-state index in [4.69, 9.17) is 32.7 Å². The lowest BCUT2D eigenvalue weighted by atomic mass is 10.1. The van der Waals surface area contributed by atoms with Crippen molar-refractivity contribution in [1.29, 1.82) is 0 Å². The predicted octanol–water partition coefficient (Wildman–Crippen LogP) is 7.41. The molecule has 5 rings (SSSR count). The Morgan fingerprint density at radius 1 is 0.950 bits per heavy atom. The van der Waals surface area contributed by atoms with E-state index in [0.29, 0.717) is 16.3 Å². The summed E-state index contributed by atoms with van der Waals surface area (Å²) in [7, 11) is 1.43.